The number of likely N-dealkylation sites (tertiary alicyclic amines) is 1. The van der Waals surface area contributed by atoms with Crippen LogP contribution in [-0.4, -0.2) is 61.4 Å². The molecule has 0 saturated carbocycles. The Hall–Kier alpha value is -1.36. The van der Waals surface area contributed by atoms with Gasteiger partial charge >= 0.3 is 0 Å². The fraction of sp³-hybridized carbons (Fsp3) is 0.692. The van der Waals surface area contributed by atoms with E-state index < -0.39 is 0 Å². The van der Waals surface area contributed by atoms with E-state index in [9.17, 15) is 9.59 Å². The second-order valence-corrected chi connectivity index (χ2v) is 5.22. The van der Waals surface area contributed by atoms with E-state index in [0.717, 1.165) is 31.5 Å². The number of rotatable bonds is 2. The van der Waals surface area contributed by atoms with Gasteiger partial charge in [0.1, 0.15) is 6.04 Å². The number of hydrogen-bond acceptors (Lipinski definition) is 3. The highest BCUT2D eigenvalue weighted by Gasteiger charge is 2.36. The molecule has 0 aromatic rings. The van der Waals surface area contributed by atoms with Crippen LogP contribution in [0.3, 0.4) is 0 Å². The molecule has 0 aromatic heterocycles. The Morgan fingerprint density at radius 3 is 2.50 bits per heavy atom. The zero-order chi connectivity index (χ0) is 13.3. The standard InChI is InChI=1S/C13H21N3O2/c1-9(10-7-14-8-10)12(17)16-6-4-5-11(16)13(18)15(2)3/h11,14H,4-8H2,1-3H3. The maximum Gasteiger partial charge on any atom is 0.250 e. The van der Waals surface area contributed by atoms with Crippen LogP contribution in [0.4, 0.5) is 0 Å². The van der Waals surface area contributed by atoms with E-state index in [1.165, 1.54) is 5.57 Å². The van der Waals surface area contributed by atoms with Crippen molar-refractivity contribution in [3.05, 3.63) is 11.1 Å². The Balaban J connectivity index is 2.12. The molecule has 2 aliphatic rings. The number of likely N-dealkylation sites (N-methyl/N-ethyl adjacent to an activating group) is 1. The molecule has 18 heavy (non-hydrogen) atoms. The lowest BCUT2D eigenvalue weighted by atomic mass is 10.0. The summed E-state index contributed by atoms with van der Waals surface area (Å²) >= 11 is 0. The highest BCUT2D eigenvalue weighted by molar-refractivity contribution is 5.97. The molecular weight excluding hydrogens is 230 g/mol. The molecule has 1 atom stereocenters. The molecule has 5 nitrogen and oxygen atoms in total. The smallest absolute Gasteiger partial charge is 0.250 e. The average molecular weight is 251 g/mol. The molecule has 0 spiro atoms. The van der Waals surface area contributed by atoms with Gasteiger partial charge in [-0.3, -0.25) is 9.59 Å². The van der Waals surface area contributed by atoms with E-state index in [4.69, 9.17) is 0 Å². The average Bonchev–Trinajstić information content (AvgIpc) is 2.72. The zero-order valence-electron chi connectivity index (χ0n) is 11.3. The van der Waals surface area contributed by atoms with Gasteiger partial charge in [0.05, 0.1) is 0 Å². The quantitative estimate of drug-likeness (QED) is 0.702. The van der Waals surface area contributed by atoms with Crippen LogP contribution in [0.5, 0.6) is 0 Å². The third-order valence-corrected chi connectivity index (χ3v) is 3.77. The number of nitrogens with zero attached hydrogens (tertiary/aromatic N) is 2. The van der Waals surface area contributed by atoms with Gasteiger partial charge in [-0.1, -0.05) is 0 Å². The second kappa shape index (κ2) is 5.10. The van der Waals surface area contributed by atoms with Crippen LogP contribution in [0.1, 0.15) is 19.8 Å². The highest BCUT2D eigenvalue weighted by atomic mass is 16.2. The topological polar surface area (TPSA) is 52.7 Å². The van der Waals surface area contributed by atoms with Crippen LogP contribution in [0.25, 0.3) is 0 Å². The van der Waals surface area contributed by atoms with E-state index in [2.05, 4.69) is 5.32 Å². The first-order chi connectivity index (χ1) is 8.52. The van der Waals surface area contributed by atoms with Gasteiger partial charge < -0.3 is 15.1 Å². The number of nitrogens with one attached hydrogen (secondary N) is 1. The first kappa shape index (κ1) is 13.1. The Labute approximate surface area is 108 Å². The molecule has 2 fully saturated rings. The Morgan fingerprint density at radius 1 is 1.33 bits per heavy atom. The summed E-state index contributed by atoms with van der Waals surface area (Å²) in [5.74, 6) is 0.0644. The van der Waals surface area contributed by atoms with Crippen molar-refractivity contribution in [2.75, 3.05) is 33.7 Å². The molecule has 0 radical (unpaired) electrons. The van der Waals surface area contributed by atoms with Crippen molar-refractivity contribution >= 4 is 11.8 Å². The van der Waals surface area contributed by atoms with E-state index in [1.54, 1.807) is 23.9 Å². The van der Waals surface area contributed by atoms with Gasteiger partial charge in [-0.05, 0) is 25.3 Å². The molecule has 0 aromatic carbocycles. The van der Waals surface area contributed by atoms with E-state index in [-0.39, 0.29) is 17.9 Å². The van der Waals surface area contributed by atoms with Crippen LogP contribution >= 0.6 is 0 Å². The predicted molar refractivity (Wildman–Crippen MR) is 69.0 cm³/mol. The first-order valence-corrected chi connectivity index (χ1v) is 6.44. The van der Waals surface area contributed by atoms with Crippen LogP contribution in [-0.2, 0) is 9.59 Å². The van der Waals surface area contributed by atoms with Crippen molar-refractivity contribution in [2.24, 2.45) is 0 Å². The van der Waals surface area contributed by atoms with Crippen molar-refractivity contribution < 1.29 is 9.59 Å². The van der Waals surface area contributed by atoms with E-state index in [0.29, 0.717) is 6.54 Å². The molecule has 1 unspecified atom stereocenters. The van der Waals surface area contributed by atoms with Gasteiger partial charge in [-0.2, -0.15) is 0 Å². The molecule has 5 heteroatoms. The molecule has 0 bridgehead atoms. The summed E-state index contributed by atoms with van der Waals surface area (Å²) < 4.78 is 0. The van der Waals surface area contributed by atoms with Gasteiger partial charge in [0, 0.05) is 39.3 Å². The van der Waals surface area contributed by atoms with E-state index in [1.807, 2.05) is 6.92 Å². The predicted octanol–water partition coefficient (Wildman–Crippen LogP) is -0.0147. The van der Waals surface area contributed by atoms with Crippen LogP contribution in [0.2, 0.25) is 0 Å². The Bertz CT molecular complexity index is 395. The number of carbonyl (C=O) groups excluding carboxylic acids is 2. The first-order valence-electron chi connectivity index (χ1n) is 6.44. The lowest BCUT2D eigenvalue weighted by molar-refractivity contribution is -0.140. The molecule has 100 valence electrons. The normalized spacial score (nSPS) is 22.7. The monoisotopic (exact) mass is 251 g/mol. The van der Waals surface area contributed by atoms with E-state index >= 15 is 0 Å². The number of hydrogen-bond donors (Lipinski definition) is 1. The van der Waals surface area contributed by atoms with Gasteiger partial charge in [-0.15, -0.1) is 0 Å². The van der Waals surface area contributed by atoms with Crippen molar-refractivity contribution in [1.82, 2.24) is 15.1 Å². The summed E-state index contributed by atoms with van der Waals surface area (Å²) in [6, 6.07) is -0.268. The van der Waals surface area contributed by atoms with Crippen molar-refractivity contribution in [3.63, 3.8) is 0 Å². The maximum atomic E-state index is 12.4. The van der Waals surface area contributed by atoms with Gasteiger partial charge in [0.2, 0.25) is 11.8 Å². The summed E-state index contributed by atoms with van der Waals surface area (Å²) in [5, 5.41) is 3.14. The van der Waals surface area contributed by atoms with Crippen molar-refractivity contribution in [2.45, 2.75) is 25.8 Å². The molecule has 0 aliphatic carbocycles. The Kier molecular flexibility index (Phi) is 3.71. The number of carbonyl (C=O) groups is 2. The van der Waals surface area contributed by atoms with Crippen LogP contribution < -0.4 is 5.32 Å². The molecule has 2 heterocycles. The highest BCUT2D eigenvalue weighted by Crippen LogP contribution is 2.22. The molecule has 2 aliphatic heterocycles. The minimum atomic E-state index is -0.268. The molecule has 2 rings (SSSR count). The summed E-state index contributed by atoms with van der Waals surface area (Å²) in [6.07, 6.45) is 1.69. The third-order valence-electron chi connectivity index (χ3n) is 3.77. The summed E-state index contributed by atoms with van der Waals surface area (Å²) in [4.78, 5) is 27.7. The van der Waals surface area contributed by atoms with Gasteiger partial charge in [0.15, 0.2) is 0 Å². The lowest BCUT2D eigenvalue weighted by Gasteiger charge is -2.29. The van der Waals surface area contributed by atoms with Crippen LogP contribution in [0.15, 0.2) is 11.1 Å². The summed E-state index contributed by atoms with van der Waals surface area (Å²) in [6.45, 7) is 4.17. The molecule has 1 N–H and O–H groups in total. The minimum absolute atomic E-state index is 0.0317. The largest absolute Gasteiger partial charge is 0.347 e. The third kappa shape index (κ3) is 2.27. The van der Waals surface area contributed by atoms with Crippen LogP contribution in [0, 0.1) is 0 Å². The fourth-order valence-corrected chi connectivity index (χ4v) is 2.45. The van der Waals surface area contributed by atoms with Gasteiger partial charge in [-0.25, -0.2) is 0 Å². The Morgan fingerprint density at radius 2 is 2.00 bits per heavy atom. The lowest BCUT2D eigenvalue weighted by Crippen LogP contribution is -2.47. The minimum Gasteiger partial charge on any atom is -0.347 e. The summed E-state index contributed by atoms with van der Waals surface area (Å²) in [5.41, 5.74) is 1.98. The second-order valence-electron chi connectivity index (χ2n) is 5.22. The van der Waals surface area contributed by atoms with Gasteiger partial charge in [0.25, 0.3) is 0 Å². The maximum absolute atomic E-state index is 12.4. The SMILES string of the molecule is CC(C(=O)N1CCCC1C(=O)N(C)C)=C1CNC1. The molecule has 2 saturated heterocycles. The fourth-order valence-electron chi connectivity index (χ4n) is 2.45. The zero-order valence-corrected chi connectivity index (χ0v) is 11.3. The summed E-state index contributed by atoms with van der Waals surface area (Å²) in [7, 11) is 3.48. The molecular formula is C13H21N3O2. The van der Waals surface area contributed by atoms with Crippen molar-refractivity contribution in [1.29, 1.82) is 0 Å². The molecule has 2 amide bonds. The number of amides is 2. The van der Waals surface area contributed by atoms with Crippen molar-refractivity contribution in [3.8, 4) is 0 Å².